The van der Waals surface area contributed by atoms with E-state index in [1.54, 1.807) is 0 Å². The van der Waals surface area contributed by atoms with Gasteiger partial charge in [0, 0.05) is 12.4 Å². The van der Waals surface area contributed by atoms with E-state index in [1.807, 2.05) is 0 Å². The Bertz CT molecular complexity index is 438. The van der Waals surface area contributed by atoms with Crippen molar-refractivity contribution in [1.82, 2.24) is 4.98 Å². The highest BCUT2D eigenvalue weighted by atomic mass is 19.4. The average molecular weight is 230 g/mol. The van der Waals surface area contributed by atoms with Gasteiger partial charge in [0.15, 0.2) is 5.78 Å². The number of hydrogen-bond acceptors (Lipinski definition) is 3. The van der Waals surface area contributed by atoms with Gasteiger partial charge in [-0.25, -0.2) is 0 Å². The van der Waals surface area contributed by atoms with Crippen LogP contribution in [0.3, 0.4) is 0 Å². The molecular weight excluding hydrogens is 221 g/mol. The summed E-state index contributed by atoms with van der Waals surface area (Å²) in [5.74, 6) is -0.673. The molecule has 1 saturated carbocycles. The third-order valence-electron chi connectivity index (χ3n) is 2.61. The van der Waals surface area contributed by atoms with Crippen LogP contribution in [0.25, 0.3) is 0 Å². The number of alkyl halides is 3. The number of nitrogens with two attached hydrogens (primary N) is 1. The van der Waals surface area contributed by atoms with Crippen molar-refractivity contribution < 1.29 is 18.0 Å². The molecule has 0 saturated heterocycles. The Kier molecular flexibility index (Phi) is 2.27. The summed E-state index contributed by atoms with van der Waals surface area (Å²) >= 11 is 0. The molecule has 0 amide bonds. The van der Waals surface area contributed by atoms with Gasteiger partial charge in [-0.1, -0.05) is 0 Å². The van der Waals surface area contributed by atoms with Gasteiger partial charge in [0.25, 0.3) is 0 Å². The van der Waals surface area contributed by atoms with E-state index in [-0.39, 0.29) is 0 Å². The molecule has 6 heteroatoms. The summed E-state index contributed by atoms with van der Waals surface area (Å²) in [5.41, 5.74) is 3.08. The maximum atomic E-state index is 12.6. The molecule has 2 N–H and O–H groups in total. The fourth-order valence-corrected chi connectivity index (χ4v) is 1.45. The second-order valence-electron chi connectivity index (χ2n) is 3.90. The predicted octanol–water partition coefficient (Wildman–Crippen LogP) is 1.77. The van der Waals surface area contributed by atoms with E-state index in [2.05, 4.69) is 4.98 Å². The summed E-state index contributed by atoms with van der Waals surface area (Å²) in [4.78, 5) is 15.3. The predicted molar refractivity (Wildman–Crippen MR) is 49.7 cm³/mol. The first-order valence-electron chi connectivity index (χ1n) is 4.69. The number of carbonyl (C=O) groups is 1. The molecule has 1 heterocycles. The minimum absolute atomic E-state index is 0.429. The zero-order valence-electron chi connectivity index (χ0n) is 8.21. The van der Waals surface area contributed by atoms with Gasteiger partial charge in [0.2, 0.25) is 0 Å². The van der Waals surface area contributed by atoms with E-state index in [1.165, 1.54) is 0 Å². The van der Waals surface area contributed by atoms with Gasteiger partial charge in [-0.2, -0.15) is 13.2 Å². The van der Waals surface area contributed by atoms with Gasteiger partial charge in [0.05, 0.1) is 16.7 Å². The van der Waals surface area contributed by atoms with Gasteiger partial charge < -0.3 is 5.73 Å². The van der Waals surface area contributed by atoms with Crippen molar-refractivity contribution in [3.8, 4) is 0 Å². The Hall–Kier alpha value is -1.43. The van der Waals surface area contributed by atoms with Crippen LogP contribution < -0.4 is 5.73 Å². The number of rotatable bonds is 2. The van der Waals surface area contributed by atoms with Crippen LogP contribution in [-0.2, 0) is 6.18 Å². The van der Waals surface area contributed by atoms with E-state index >= 15 is 0 Å². The van der Waals surface area contributed by atoms with Crippen LogP contribution in [0, 0.1) is 0 Å². The SMILES string of the molecule is NC1(C(=O)c2cnccc2C(F)(F)F)CC1. The third-order valence-corrected chi connectivity index (χ3v) is 2.61. The Morgan fingerprint density at radius 1 is 1.44 bits per heavy atom. The smallest absolute Gasteiger partial charge is 0.319 e. The van der Waals surface area contributed by atoms with Crippen molar-refractivity contribution in [3.05, 3.63) is 29.6 Å². The zero-order valence-corrected chi connectivity index (χ0v) is 8.21. The van der Waals surface area contributed by atoms with Crippen molar-refractivity contribution in [2.75, 3.05) is 0 Å². The quantitative estimate of drug-likeness (QED) is 0.788. The van der Waals surface area contributed by atoms with Gasteiger partial charge in [-0.3, -0.25) is 9.78 Å². The van der Waals surface area contributed by atoms with Gasteiger partial charge in [0.1, 0.15) is 0 Å². The van der Waals surface area contributed by atoms with E-state index in [0.717, 1.165) is 18.5 Å². The van der Waals surface area contributed by atoms with Crippen LogP contribution in [0.1, 0.15) is 28.8 Å². The van der Waals surface area contributed by atoms with Gasteiger partial charge >= 0.3 is 6.18 Å². The second-order valence-corrected chi connectivity index (χ2v) is 3.90. The molecule has 1 aliphatic rings. The Morgan fingerprint density at radius 3 is 2.56 bits per heavy atom. The molecule has 1 aromatic rings. The van der Waals surface area contributed by atoms with E-state index in [4.69, 9.17) is 5.73 Å². The van der Waals surface area contributed by atoms with Crippen LogP contribution in [0.2, 0.25) is 0 Å². The monoisotopic (exact) mass is 230 g/mol. The molecule has 0 atom stereocenters. The van der Waals surface area contributed by atoms with Crippen LogP contribution in [0.15, 0.2) is 18.5 Å². The summed E-state index contributed by atoms with van der Waals surface area (Å²) in [5, 5.41) is 0. The third kappa shape index (κ3) is 1.80. The topological polar surface area (TPSA) is 56.0 Å². The van der Waals surface area contributed by atoms with Crippen molar-refractivity contribution in [1.29, 1.82) is 0 Å². The molecule has 1 aliphatic carbocycles. The van der Waals surface area contributed by atoms with Gasteiger partial charge in [-0.05, 0) is 18.9 Å². The number of hydrogen-bond donors (Lipinski definition) is 1. The Morgan fingerprint density at radius 2 is 2.06 bits per heavy atom. The highest BCUT2D eigenvalue weighted by Gasteiger charge is 2.48. The lowest BCUT2D eigenvalue weighted by Gasteiger charge is -2.13. The van der Waals surface area contributed by atoms with Crippen LogP contribution in [-0.4, -0.2) is 16.3 Å². The van der Waals surface area contributed by atoms with Crippen LogP contribution >= 0.6 is 0 Å². The summed E-state index contributed by atoms with van der Waals surface area (Å²) < 4.78 is 37.8. The lowest BCUT2D eigenvalue weighted by Crippen LogP contribution is -2.34. The largest absolute Gasteiger partial charge is 0.417 e. The van der Waals surface area contributed by atoms with Gasteiger partial charge in [-0.15, -0.1) is 0 Å². The first-order valence-corrected chi connectivity index (χ1v) is 4.69. The molecule has 3 nitrogen and oxygen atoms in total. The number of carbonyl (C=O) groups excluding carboxylic acids is 1. The molecule has 0 radical (unpaired) electrons. The number of ketones is 1. The molecule has 16 heavy (non-hydrogen) atoms. The normalized spacial score (nSPS) is 18.2. The lowest BCUT2D eigenvalue weighted by molar-refractivity contribution is -0.138. The fourth-order valence-electron chi connectivity index (χ4n) is 1.45. The molecule has 0 bridgehead atoms. The second kappa shape index (κ2) is 3.28. The standard InChI is InChI=1S/C10H9F3N2O/c11-10(12,13)7-1-4-15-5-6(7)8(16)9(14)2-3-9/h1,4-5H,2-3,14H2. The number of pyridine rings is 1. The molecule has 0 unspecified atom stereocenters. The van der Waals surface area contributed by atoms with Crippen LogP contribution in [0.4, 0.5) is 13.2 Å². The lowest BCUT2D eigenvalue weighted by atomic mass is 10.00. The Labute approximate surface area is 89.5 Å². The molecular formula is C10H9F3N2O. The number of nitrogens with zero attached hydrogens (tertiary/aromatic N) is 1. The first-order chi connectivity index (χ1) is 7.34. The molecule has 0 aliphatic heterocycles. The summed E-state index contributed by atoms with van der Waals surface area (Å²) in [6, 6.07) is 0.791. The van der Waals surface area contributed by atoms with E-state index in [0.29, 0.717) is 12.8 Å². The van der Waals surface area contributed by atoms with Crippen molar-refractivity contribution in [2.24, 2.45) is 5.73 Å². The minimum atomic E-state index is -4.56. The molecule has 1 fully saturated rings. The fraction of sp³-hybridized carbons (Fsp3) is 0.400. The van der Waals surface area contributed by atoms with Crippen molar-refractivity contribution >= 4 is 5.78 Å². The highest BCUT2D eigenvalue weighted by molar-refractivity contribution is 6.06. The maximum absolute atomic E-state index is 12.6. The molecule has 0 aromatic carbocycles. The number of halogens is 3. The highest BCUT2D eigenvalue weighted by Crippen LogP contribution is 2.39. The number of Topliss-reactive ketones (excluding diaryl/α,β-unsaturated/α-hetero) is 1. The molecule has 86 valence electrons. The Balaban J connectivity index is 2.45. The van der Waals surface area contributed by atoms with E-state index in [9.17, 15) is 18.0 Å². The van der Waals surface area contributed by atoms with E-state index < -0.39 is 28.6 Å². The molecule has 0 spiro atoms. The number of aromatic nitrogens is 1. The molecule has 2 rings (SSSR count). The van der Waals surface area contributed by atoms with Crippen molar-refractivity contribution in [3.63, 3.8) is 0 Å². The average Bonchev–Trinajstić information content (AvgIpc) is 2.95. The summed E-state index contributed by atoms with van der Waals surface area (Å²) in [6.45, 7) is 0. The summed E-state index contributed by atoms with van der Waals surface area (Å²) in [7, 11) is 0. The molecule has 1 aromatic heterocycles. The first kappa shape index (κ1) is 11.1. The zero-order chi connectivity index (χ0) is 12.0. The minimum Gasteiger partial charge on any atom is -0.319 e. The van der Waals surface area contributed by atoms with Crippen LogP contribution in [0.5, 0.6) is 0 Å². The maximum Gasteiger partial charge on any atom is 0.417 e. The summed E-state index contributed by atoms with van der Waals surface area (Å²) in [6.07, 6.45) is -1.76. The van der Waals surface area contributed by atoms with Crippen molar-refractivity contribution in [2.45, 2.75) is 24.6 Å².